The van der Waals surface area contributed by atoms with E-state index in [1.807, 2.05) is 23.1 Å². The molecule has 2 aliphatic rings. The fourth-order valence-corrected chi connectivity index (χ4v) is 3.74. The number of amides is 1. The van der Waals surface area contributed by atoms with Crippen molar-refractivity contribution in [2.24, 2.45) is 5.92 Å². The summed E-state index contributed by atoms with van der Waals surface area (Å²) in [5.41, 5.74) is 1.15. The van der Waals surface area contributed by atoms with Gasteiger partial charge >= 0.3 is 0 Å². The Morgan fingerprint density at radius 1 is 1.08 bits per heavy atom. The topological polar surface area (TPSA) is 60.2 Å². The Bertz CT molecular complexity index is 693. The van der Waals surface area contributed by atoms with Gasteiger partial charge in [-0.05, 0) is 37.3 Å². The summed E-state index contributed by atoms with van der Waals surface area (Å²) >= 11 is 0. The second-order valence-corrected chi connectivity index (χ2v) is 6.61. The highest BCUT2D eigenvalue weighted by Crippen LogP contribution is 2.29. The first-order chi connectivity index (χ1) is 11.8. The van der Waals surface area contributed by atoms with Crippen molar-refractivity contribution >= 4 is 5.91 Å². The second kappa shape index (κ2) is 6.63. The summed E-state index contributed by atoms with van der Waals surface area (Å²) in [5.74, 6) is 1.23. The lowest BCUT2D eigenvalue weighted by Gasteiger charge is -2.34. The van der Waals surface area contributed by atoms with Crippen molar-refractivity contribution in [3.05, 3.63) is 42.5 Å². The minimum Gasteiger partial charge on any atom is -0.493 e. The Balaban J connectivity index is 1.40. The molecular formula is C18H22N4O2. The normalized spacial score (nSPS) is 21.7. The number of likely N-dealkylation sites (tertiary alicyclic amines) is 1. The molecule has 0 bridgehead atoms. The first kappa shape index (κ1) is 15.2. The van der Waals surface area contributed by atoms with Crippen molar-refractivity contribution in [2.45, 2.75) is 31.7 Å². The number of benzene rings is 1. The van der Waals surface area contributed by atoms with E-state index in [0.717, 1.165) is 50.1 Å². The number of piperidine rings is 1. The van der Waals surface area contributed by atoms with Gasteiger partial charge in [0.05, 0.1) is 6.61 Å². The molecule has 126 valence electrons. The lowest BCUT2D eigenvalue weighted by atomic mass is 9.94. The summed E-state index contributed by atoms with van der Waals surface area (Å²) in [4.78, 5) is 15.0. The summed E-state index contributed by atoms with van der Waals surface area (Å²) in [6, 6.07) is 8.46. The van der Waals surface area contributed by atoms with Crippen LogP contribution in [-0.4, -0.2) is 45.3 Å². The summed E-state index contributed by atoms with van der Waals surface area (Å²) in [5, 5.41) is 7.75. The summed E-state index contributed by atoms with van der Waals surface area (Å²) in [7, 11) is 0. The SMILES string of the molecule is O=C(C1CCOc2ccccc2C1)N1CCC(n2cnnc2)CC1. The molecule has 2 aliphatic heterocycles. The van der Waals surface area contributed by atoms with E-state index in [4.69, 9.17) is 4.74 Å². The highest BCUT2D eigenvalue weighted by atomic mass is 16.5. The zero-order valence-corrected chi connectivity index (χ0v) is 13.7. The average Bonchev–Trinajstić information content (AvgIpc) is 3.08. The predicted molar refractivity (Wildman–Crippen MR) is 88.6 cm³/mol. The molecule has 0 N–H and O–H groups in total. The van der Waals surface area contributed by atoms with E-state index in [9.17, 15) is 4.79 Å². The lowest BCUT2D eigenvalue weighted by molar-refractivity contribution is -0.137. The molecule has 3 heterocycles. The molecule has 1 aromatic heterocycles. The number of fused-ring (bicyclic) bond motifs is 1. The molecule has 0 radical (unpaired) electrons. The zero-order chi connectivity index (χ0) is 16.4. The Morgan fingerprint density at radius 3 is 2.62 bits per heavy atom. The van der Waals surface area contributed by atoms with Gasteiger partial charge in [0.15, 0.2) is 0 Å². The molecule has 4 rings (SSSR count). The van der Waals surface area contributed by atoms with Crippen molar-refractivity contribution in [3.8, 4) is 5.75 Å². The van der Waals surface area contributed by atoms with E-state index in [-0.39, 0.29) is 11.8 Å². The lowest BCUT2D eigenvalue weighted by Crippen LogP contribution is -2.42. The molecule has 0 saturated carbocycles. The molecule has 0 spiro atoms. The molecule has 24 heavy (non-hydrogen) atoms. The van der Waals surface area contributed by atoms with Gasteiger partial charge in [0, 0.05) is 25.0 Å². The van der Waals surface area contributed by atoms with Crippen molar-refractivity contribution in [1.82, 2.24) is 19.7 Å². The molecule has 1 unspecified atom stereocenters. The van der Waals surface area contributed by atoms with Gasteiger partial charge in [-0.2, -0.15) is 0 Å². The number of rotatable bonds is 2. The van der Waals surface area contributed by atoms with Crippen LogP contribution in [0.25, 0.3) is 0 Å². The smallest absolute Gasteiger partial charge is 0.226 e. The van der Waals surface area contributed by atoms with Crippen molar-refractivity contribution < 1.29 is 9.53 Å². The fourth-order valence-electron chi connectivity index (χ4n) is 3.74. The fraction of sp³-hybridized carbons (Fsp3) is 0.500. The maximum absolute atomic E-state index is 12.9. The standard InChI is InChI=1S/C18H22N4O2/c23-18(15-7-10-24-17-4-2-1-3-14(17)11-15)21-8-5-16(6-9-21)22-12-19-20-13-22/h1-4,12-13,15-16H,5-11H2. The molecule has 1 amide bonds. The van der Waals surface area contributed by atoms with Crippen LogP contribution >= 0.6 is 0 Å². The van der Waals surface area contributed by atoms with Crippen LogP contribution in [0.15, 0.2) is 36.9 Å². The molecule has 6 nitrogen and oxygen atoms in total. The van der Waals surface area contributed by atoms with Gasteiger partial charge in [0.2, 0.25) is 5.91 Å². The van der Waals surface area contributed by atoms with Gasteiger partial charge in [-0.3, -0.25) is 4.79 Å². The van der Waals surface area contributed by atoms with Crippen LogP contribution in [0.2, 0.25) is 0 Å². The molecule has 1 atom stereocenters. The predicted octanol–water partition coefficient (Wildman–Crippen LogP) is 2.08. The largest absolute Gasteiger partial charge is 0.493 e. The summed E-state index contributed by atoms with van der Waals surface area (Å²) in [6.07, 6.45) is 7.02. The molecule has 1 fully saturated rings. The number of carbonyl (C=O) groups is 1. The maximum atomic E-state index is 12.9. The van der Waals surface area contributed by atoms with Crippen LogP contribution in [0.1, 0.15) is 30.9 Å². The first-order valence-corrected chi connectivity index (χ1v) is 8.65. The Hall–Kier alpha value is -2.37. The number of para-hydroxylation sites is 1. The van der Waals surface area contributed by atoms with E-state index in [2.05, 4.69) is 20.8 Å². The third kappa shape index (κ3) is 3.00. The Labute approximate surface area is 141 Å². The first-order valence-electron chi connectivity index (χ1n) is 8.65. The summed E-state index contributed by atoms with van der Waals surface area (Å²) in [6.45, 7) is 2.23. The van der Waals surface area contributed by atoms with Crippen LogP contribution in [0.5, 0.6) is 5.75 Å². The molecule has 6 heteroatoms. The molecule has 2 aromatic rings. The number of ether oxygens (including phenoxy) is 1. The number of aromatic nitrogens is 3. The van der Waals surface area contributed by atoms with Crippen LogP contribution in [0.3, 0.4) is 0 Å². The van der Waals surface area contributed by atoms with Gasteiger partial charge in [-0.25, -0.2) is 0 Å². The van der Waals surface area contributed by atoms with E-state index in [1.165, 1.54) is 0 Å². The number of hydrogen-bond acceptors (Lipinski definition) is 4. The van der Waals surface area contributed by atoms with E-state index >= 15 is 0 Å². The van der Waals surface area contributed by atoms with E-state index in [1.54, 1.807) is 12.7 Å². The zero-order valence-electron chi connectivity index (χ0n) is 13.7. The molecule has 0 aliphatic carbocycles. The van der Waals surface area contributed by atoms with E-state index < -0.39 is 0 Å². The highest BCUT2D eigenvalue weighted by molar-refractivity contribution is 5.79. The highest BCUT2D eigenvalue weighted by Gasteiger charge is 2.30. The third-order valence-electron chi connectivity index (χ3n) is 5.15. The Morgan fingerprint density at radius 2 is 1.83 bits per heavy atom. The van der Waals surface area contributed by atoms with Crippen LogP contribution in [-0.2, 0) is 11.2 Å². The Kier molecular flexibility index (Phi) is 4.19. The molecule has 1 saturated heterocycles. The number of carbonyl (C=O) groups excluding carboxylic acids is 1. The van der Waals surface area contributed by atoms with Crippen molar-refractivity contribution in [3.63, 3.8) is 0 Å². The van der Waals surface area contributed by atoms with Gasteiger partial charge in [-0.1, -0.05) is 18.2 Å². The number of hydrogen-bond donors (Lipinski definition) is 0. The van der Waals surface area contributed by atoms with E-state index in [0.29, 0.717) is 12.6 Å². The van der Waals surface area contributed by atoms with Crippen LogP contribution in [0, 0.1) is 5.92 Å². The van der Waals surface area contributed by atoms with Gasteiger partial charge in [0.25, 0.3) is 0 Å². The average molecular weight is 326 g/mol. The molecular weight excluding hydrogens is 304 g/mol. The van der Waals surface area contributed by atoms with Gasteiger partial charge in [-0.15, -0.1) is 10.2 Å². The quantitative estimate of drug-likeness (QED) is 0.848. The van der Waals surface area contributed by atoms with Crippen molar-refractivity contribution in [2.75, 3.05) is 19.7 Å². The van der Waals surface area contributed by atoms with Crippen LogP contribution in [0.4, 0.5) is 0 Å². The second-order valence-electron chi connectivity index (χ2n) is 6.61. The van der Waals surface area contributed by atoms with Gasteiger partial charge < -0.3 is 14.2 Å². The monoisotopic (exact) mass is 326 g/mol. The minimum absolute atomic E-state index is 0.0279. The third-order valence-corrected chi connectivity index (χ3v) is 5.15. The maximum Gasteiger partial charge on any atom is 0.226 e. The van der Waals surface area contributed by atoms with Gasteiger partial charge in [0.1, 0.15) is 18.4 Å². The van der Waals surface area contributed by atoms with Crippen molar-refractivity contribution in [1.29, 1.82) is 0 Å². The minimum atomic E-state index is 0.0279. The number of nitrogens with zero attached hydrogens (tertiary/aromatic N) is 4. The molecule has 1 aromatic carbocycles. The van der Waals surface area contributed by atoms with Crippen LogP contribution < -0.4 is 4.74 Å². The summed E-state index contributed by atoms with van der Waals surface area (Å²) < 4.78 is 7.85.